The monoisotopic (exact) mass is 211 g/mol. The highest BCUT2D eigenvalue weighted by molar-refractivity contribution is 5.15. The van der Waals surface area contributed by atoms with Gasteiger partial charge in [0.05, 0.1) is 18.3 Å². The number of ether oxygens (including phenoxy) is 1. The molecule has 0 bridgehead atoms. The van der Waals surface area contributed by atoms with Crippen LogP contribution in [0, 0.1) is 6.92 Å². The standard InChI is InChI=1S/C11H21N3O/c1-5-12-6-11-7-14(13-10(11)3)9(2)8-15-4/h7,9,12H,5-6,8H2,1-4H3. The summed E-state index contributed by atoms with van der Waals surface area (Å²) < 4.78 is 7.09. The SMILES string of the molecule is CCNCc1cn(C(C)COC)nc1C. The van der Waals surface area contributed by atoms with Crippen molar-refractivity contribution in [2.75, 3.05) is 20.3 Å². The minimum absolute atomic E-state index is 0.295. The molecule has 1 atom stereocenters. The Morgan fingerprint density at radius 1 is 1.60 bits per heavy atom. The first-order valence-corrected chi connectivity index (χ1v) is 5.43. The maximum Gasteiger partial charge on any atom is 0.0724 e. The second-order valence-electron chi connectivity index (χ2n) is 3.80. The summed E-state index contributed by atoms with van der Waals surface area (Å²) in [5.41, 5.74) is 2.36. The van der Waals surface area contributed by atoms with Gasteiger partial charge in [0.1, 0.15) is 0 Å². The van der Waals surface area contributed by atoms with E-state index in [1.165, 1.54) is 5.56 Å². The summed E-state index contributed by atoms with van der Waals surface area (Å²) >= 11 is 0. The van der Waals surface area contributed by atoms with Gasteiger partial charge in [0, 0.05) is 25.4 Å². The van der Waals surface area contributed by atoms with Crippen molar-refractivity contribution in [3.63, 3.8) is 0 Å². The molecule has 1 heterocycles. The average Bonchev–Trinajstić information content (AvgIpc) is 2.57. The van der Waals surface area contributed by atoms with Crippen LogP contribution in [0.2, 0.25) is 0 Å². The van der Waals surface area contributed by atoms with E-state index < -0.39 is 0 Å². The molecule has 0 aliphatic carbocycles. The molecule has 1 N–H and O–H groups in total. The van der Waals surface area contributed by atoms with E-state index in [1.54, 1.807) is 7.11 Å². The highest BCUT2D eigenvalue weighted by Gasteiger charge is 2.09. The van der Waals surface area contributed by atoms with Gasteiger partial charge in [-0.3, -0.25) is 4.68 Å². The minimum atomic E-state index is 0.295. The summed E-state index contributed by atoms with van der Waals surface area (Å²) in [6.45, 7) is 8.82. The summed E-state index contributed by atoms with van der Waals surface area (Å²) in [5.74, 6) is 0. The molecule has 0 aromatic carbocycles. The van der Waals surface area contributed by atoms with Crippen LogP contribution in [0.3, 0.4) is 0 Å². The van der Waals surface area contributed by atoms with Crippen molar-refractivity contribution in [2.24, 2.45) is 0 Å². The third-order valence-electron chi connectivity index (χ3n) is 2.44. The van der Waals surface area contributed by atoms with E-state index in [2.05, 4.69) is 30.5 Å². The zero-order valence-electron chi connectivity index (χ0n) is 10.1. The van der Waals surface area contributed by atoms with Gasteiger partial charge >= 0.3 is 0 Å². The summed E-state index contributed by atoms with van der Waals surface area (Å²) in [6.07, 6.45) is 2.10. The Morgan fingerprint density at radius 2 is 2.33 bits per heavy atom. The Kier molecular flexibility index (Phi) is 4.78. The molecule has 0 fully saturated rings. The predicted molar refractivity (Wildman–Crippen MR) is 60.9 cm³/mol. The highest BCUT2D eigenvalue weighted by atomic mass is 16.5. The van der Waals surface area contributed by atoms with E-state index in [0.717, 1.165) is 18.8 Å². The second kappa shape index (κ2) is 5.88. The van der Waals surface area contributed by atoms with Gasteiger partial charge in [0.2, 0.25) is 0 Å². The van der Waals surface area contributed by atoms with E-state index in [4.69, 9.17) is 4.74 Å². The third-order valence-corrected chi connectivity index (χ3v) is 2.44. The summed E-state index contributed by atoms with van der Waals surface area (Å²) in [4.78, 5) is 0. The fraction of sp³-hybridized carbons (Fsp3) is 0.727. The molecular formula is C11H21N3O. The lowest BCUT2D eigenvalue weighted by Gasteiger charge is -2.09. The van der Waals surface area contributed by atoms with Crippen LogP contribution >= 0.6 is 0 Å². The fourth-order valence-corrected chi connectivity index (χ4v) is 1.50. The summed E-state index contributed by atoms with van der Waals surface area (Å²) in [7, 11) is 1.71. The van der Waals surface area contributed by atoms with Gasteiger partial charge in [0.25, 0.3) is 0 Å². The van der Waals surface area contributed by atoms with Gasteiger partial charge in [-0.2, -0.15) is 5.10 Å². The van der Waals surface area contributed by atoms with Crippen LogP contribution in [0.5, 0.6) is 0 Å². The lowest BCUT2D eigenvalue weighted by molar-refractivity contribution is 0.157. The number of rotatable bonds is 6. The number of aryl methyl sites for hydroxylation is 1. The Morgan fingerprint density at radius 3 is 2.93 bits per heavy atom. The molecule has 0 saturated heterocycles. The maximum atomic E-state index is 5.11. The molecule has 1 rings (SSSR count). The molecule has 1 aromatic heterocycles. The molecule has 1 aromatic rings. The first kappa shape index (κ1) is 12.2. The van der Waals surface area contributed by atoms with Gasteiger partial charge < -0.3 is 10.1 Å². The van der Waals surface area contributed by atoms with Crippen LogP contribution < -0.4 is 5.32 Å². The summed E-state index contributed by atoms with van der Waals surface area (Å²) in [6, 6.07) is 0.295. The van der Waals surface area contributed by atoms with Crippen molar-refractivity contribution in [3.05, 3.63) is 17.5 Å². The quantitative estimate of drug-likeness (QED) is 0.775. The molecule has 86 valence electrons. The Labute approximate surface area is 91.6 Å². The largest absolute Gasteiger partial charge is 0.382 e. The molecule has 0 aliphatic heterocycles. The van der Waals surface area contributed by atoms with E-state index in [-0.39, 0.29) is 0 Å². The number of nitrogens with zero attached hydrogens (tertiary/aromatic N) is 2. The van der Waals surface area contributed by atoms with Crippen molar-refractivity contribution in [1.82, 2.24) is 15.1 Å². The van der Waals surface area contributed by atoms with E-state index in [1.807, 2.05) is 11.6 Å². The van der Waals surface area contributed by atoms with Gasteiger partial charge in [-0.25, -0.2) is 0 Å². The first-order valence-electron chi connectivity index (χ1n) is 5.43. The minimum Gasteiger partial charge on any atom is -0.382 e. The van der Waals surface area contributed by atoms with E-state index in [0.29, 0.717) is 12.6 Å². The lowest BCUT2D eigenvalue weighted by Crippen LogP contribution is -2.12. The molecule has 4 heteroatoms. The predicted octanol–water partition coefficient (Wildman–Crippen LogP) is 1.51. The van der Waals surface area contributed by atoms with Gasteiger partial charge in [0.15, 0.2) is 0 Å². The summed E-state index contributed by atoms with van der Waals surface area (Å²) in [5, 5.41) is 7.78. The fourth-order valence-electron chi connectivity index (χ4n) is 1.50. The molecule has 4 nitrogen and oxygen atoms in total. The second-order valence-corrected chi connectivity index (χ2v) is 3.80. The first-order chi connectivity index (χ1) is 7.19. The number of nitrogens with one attached hydrogen (secondary N) is 1. The zero-order valence-corrected chi connectivity index (χ0v) is 10.1. The van der Waals surface area contributed by atoms with Crippen LogP contribution in [0.15, 0.2) is 6.20 Å². The van der Waals surface area contributed by atoms with E-state index in [9.17, 15) is 0 Å². The molecule has 15 heavy (non-hydrogen) atoms. The number of aromatic nitrogens is 2. The molecule has 0 aliphatic rings. The molecule has 0 radical (unpaired) electrons. The Balaban J connectivity index is 2.67. The van der Waals surface area contributed by atoms with Crippen molar-refractivity contribution in [3.8, 4) is 0 Å². The zero-order chi connectivity index (χ0) is 11.3. The maximum absolute atomic E-state index is 5.11. The van der Waals surface area contributed by atoms with Crippen LogP contribution in [-0.2, 0) is 11.3 Å². The lowest BCUT2D eigenvalue weighted by atomic mass is 10.2. The van der Waals surface area contributed by atoms with Crippen molar-refractivity contribution < 1.29 is 4.74 Å². The van der Waals surface area contributed by atoms with Crippen LogP contribution in [-0.4, -0.2) is 30.0 Å². The van der Waals surface area contributed by atoms with Crippen molar-refractivity contribution in [1.29, 1.82) is 0 Å². The van der Waals surface area contributed by atoms with Crippen LogP contribution in [0.4, 0.5) is 0 Å². The van der Waals surface area contributed by atoms with Crippen molar-refractivity contribution in [2.45, 2.75) is 33.4 Å². The number of hydrogen-bond acceptors (Lipinski definition) is 3. The van der Waals surface area contributed by atoms with Gasteiger partial charge in [-0.05, 0) is 20.4 Å². The molecule has 0 saturated carbocycles. The highest BCUT2D eigenvalue weighted by Crippen LogP contribution is 2.10. The number of hydrogen-bond donors (Lipinski definition) is 1. The van der Waals surface area contributed by atoms with E-state index >= 15 is 0 Å². The van der Waals surface area contributed by atoms with Crippen LogP contribution in [0.1, 0.15) is 31.1 Å². The van der Waals surface area contributed by atoms with Crippen LogP contribution in [0.25, 0.3) is 0 Å². The Bertz CT molecular complexity index is 296. The molecule has 0 amide bonds. The third kappa shape index (κ3) is 3.32. The van der Waals surface area contributed by atoms with Gasteiger partial charge in [-0.15, -0.1) is 0 Å². The topological polar surface area (TPSA) is 39.1 Å². The molecule has 0 spiro atoms. The van der Waals surface area contributed by atoms with Crippen molar-refractivity contribution >= 4 is 0 Å². The Hall–Kier alpha value is -0.870. The number of methoxy groups -OCH3 is 1. The normalized spacial score (nSPS) is 13.1. The van der Waals surface area contributed by atoms with Gasteiger partial charge in [-0.1, -0.05) is 6.92 Å². The average molecular weight is 211 g/mol. The molecular weight excluding hydrogens is 190 g/mol. The molecule has 1 unspecified atom stereocenters. The smallest absolute Gasteiger partial charge is 0.0724 e.